The third-order valence-corrected chi connectivity index (χ3v) is 4.24. The molecule has 0 aliphatic rings. The highest BCUT2D eigenvalue weighted by molar-refractivity contribution is 6.42. The molecule has 0 radical (unpaired) electrons. The Labute approximate surface area is 184 Å². The monoisotopic (exact) mass is 447 g/mol. The molecule has 2 aromatic carbocycles. The quantitative estimate of drug-likeness (QED) is 0.264. The van der Waals surface area contributed by atoms with Crippen molar-refractivity contribution < 1.29 is 19.1 Å². The number of anilines is 1. The molecule has 0 aliphatic carbocycles. The summed E-state index contributed by atoms with van der Waals surface area (Å²) in [6.45, 7) is 2.40. The fourth-order valence-electron chi connectivity index (χ4n) is 2.26. The largest absolute Gasteiger partial charge is 0.490 e. The van der Waals surface area contributed by atoms with Crippen LogP contribution in [0.4, 0.5) is 5.69 Å². The van der Waals surface area contributed by atoms with E-state index in [4.69, 9.17) is 39.1 Å². The Morgan fingerprint density at radius 1 is 1.10 bits per heavy atom. The van der Waals surface area contributed by atoms with E-state index in [-0.39, 0.29) is 6.61 Å². The normalized spacial score (nSPS) is 10.3. The number of hydrogen-bond acceptors (Lipinski definition) is 5. The second kappa shape index (κ2) is 11.7. The molecule has 0 aromatic heterocycles. The first-order valence-electron chi connectivity index (χ1n) is 8.82. The first kappa shape index (κ1) is 23.1. The zero-order chi connectivity index (χ0) is 21.9. The Balaban J connectivity index is 1.90. The van der Waals surface area contributed by atoms with Crippen LogP contribution in [-0.4, -0.2) is 31.2 Å². The standard InChI is InChI=1S/C21H19Cl2N3O4/c1-3-9-30-18-8-5-14(10-19(18)29-4-2)13-24-26-21(28)12-20(27)25-15-6-7-16(22)17(23)11-15/h1,5-8,10-11,13H,4,9,12H2,2H3,(H,25,27)(H,26,28). The van der Waals surface area contributed by atoms with Crippen molar-refractivity contribution in [1.29, 1.82) is 0 Å². The number of amides is 2. The molecule has 0 saturated carbocycles. The number of hydrogen-bond donors (Lipinski definition) is 2. The predicted molar refractivity (Wildman–Crippen MR) is 117 cm³/mol. The van der Waals surface area contributed by atoms with Crippen molar-refractivity contribution in [2.24, 2.45) is 5.10 Å². The maximum Gasteiger partial charge on any atom is 0.249 e. The molecule has 0 fully saturated rings. The van der Waals surface area contributed by atoms with Crippen molar-refractivity contribution in [3.05, 3.63) is 52.0 Å². The van der Waals surface area contributed by atoms with E-state index in [9.17, 15) is 9.59 Å². The number of halogens is 2. The molecule has 9 heteroatoms. The Morgan fingerprint density at radius 2 is 1.90 bits per heavy atom. The minimum absolute atomic E-state index is 0.119. The van der Waals surface area contributed by atoms with Crippen LogP contribution in [0.1, 0.15) is 18.9 Å². The molecule has 30 heavy (non-hydrogen) atoms. The third kappa shape index (κ3) is 7.32. The summed E-state index contributed by atoms with van der Waals surface area (Å²) in [6.07, 6.45) is 6.20. The molecule has 0 bridgehead atoms. The predicted octanol–water partition coefficient (Wildman–Crippen LogP) is 3.88. The molecule has 2 N–H and O–H groups in total. The fourth-order valence-corrected chi connectivity index (χ4v) is 2.55. The van der Waals surface area contributed by atoms with E-state index < -0.39 is 18.2 Å². The summed E-state index contributed by atoms with van der Waals surface area (Å²) < 4.78 is 10.9. The van der Waals surface area contributed by atoms with Gasteiger partial charge in [0.1, 0.15) is 13.0 Å². The molecule has 2 aromatic rings. The lowest BCUT2D eigenvalue weighted by Gasteiger charge is -2.10. The molecular weight excluding hydrogens is 429 g/mol. The van der Waals surface area contributed by atoms with Crippen LogP contribution in [0.25, 0.3) is 0 Å². The highest BCUT2D eigenvalue weighted by Crippen LogP contribution is 2.28. The van der Waals surface area contributed by atoms with E-state index in [1.54, 1.807) is 30.3 Å². The minimum atomic E-state index is -0.581. The van der Waals surface area contributed by atoms with Gasteiger partial charge in [0.2, 0.25) is 11.8 Å². The highest BCUT2D eigenvalue weighted by atomic mass is 35.5. The van der Waals surface area contributed by atoms with Gasteiger partial charge < -0.3 is 14.8 Å². The summed E-state index contributed by atoms with van der Waals surface area (Å²) in [5.74, 6) is 2.30. The van der Waals surface area contributed by atoms with Gasteiger partial charge in [0.15, 0.2) is 11.5 Å². The molecule has 0 spiro atoms. The van der Waals surface area contributed by atoms with Gasteiger partial charge >= 0.3 is 0 Å². The summed E-state index contributed by atoms with van der Waals surface area (Å²) in [5, 5.41) is 7.07. The maximum absolute atomic E-state index is 11.9. The molecule has 0 saturated heterocycles. The lowest BCUT2D eigenvalue weighted by Crippen LogP contribution is -2.24. The second-order valence-corrected chi connectivity index (χ2v) is 6.59. The number of ether oxygens (including phenoxy) is 2. The van der Waals surface area contributed by atoms with E-state index in [1.807, 2.05) is 6.92 Å². The van der Waals surface area contributed by atoms with E-state index in [0.29, 0.717) is 39.4 Å². The number of benzene rings is 2. The fraction of sp³-hybridized carbons (Fsp3) is 0.190. The molecule has 2 amide bonds. The zero-order valence-corrected chi connectivity index (χ0v) is 17.6. The first-order chi connectivity index (χ1) is 14.4. The van der Waals surface area contributed by atoms with E-state index in [2.05, 4.69) is 21.8 Å². The number of nitrogens with zero attached hydrogens (tertiary/aromatic N) is 1. The number of hydrazone groups is 1. The number of nitrogens with one attached hydrogen (secondary N) is 2. The smallest absolute Gasteiger partial charge is 0.249 e. The van der Waals surface area contributed by atoms with Gasteiger partial charge in [-0.15, -0.1) is 6.42 Å². The van der Waals surface area contributed by atoms with Crippen LogP contribution >= 0.6 is 23.2 Å². The maximum atomic E-state index is 11.9. The van der Waals surface area contributed by atoms with E-state index in [0.717, 1.165) is 0 Å². The molecule has 0 aliphatic heterocycles. The summed E-state index contributed by atoms with van der Waals surface area (Å²) in [4.78, 5) is 23.8. The van der Waals surface area contributed by atoms with Crippen molar-refractivity contribution in [3.63, 3.8) is 0 Å². The Bertz CT molecular complexity index is 987. The molecule has 2 rings (SSSR count). The topological polar surface area (TPSA) is 89.0 Å². The number of carbonyl (C=O) groups excluding carboxylic acids is 2. The van der Waals surface area contributed by atoms with Crippen molar-refractivity contribution in [2.75, 3.05) is 18.5 Å². The van der Waals surface area contributed by atoms with E-state index in [1.165, 1.54) is 12.3 Å². The van der Waals surface area contributed by atoms with E-state index >= 15 is 0 Å². The molecule has 0 unspecified atom stereocenters. The summed E-state index contributed by atoms with van der Waals surface area (Å²) in [7, 11) is 0. The average Bonchev–Trinajstić information content (AvgIpc) is 2.70. The lowest BCUT2D eigenvalue weighted by atomic mass is 10.2. The zero-order valence-electron chi connectivity index (χ0n) is 16.1. The van der Waals surface area contributed by atoms with Crippen molar-refractivity contribution in [2.45, 2.75) is 13.3 Å². The van der Waals surface area contributed by atoms with Crippen LogP contribution in [0.15, 0.2) is 41.5 Å². The van der Waals surface area contributed by atoms with Gasteiger partial charge in [0.05, 0.1) is 22.9 Å². The Morgan fingerprint density at radius 3 is 2.60 bits per heavy atom. The van der Waals surface area contributed by atoms with Gasteiger partial charge in [0.25, 0.3) is 0 Å². The molecule has 7 nitrogen and oxygen atoms in total. The van der Waals surface area contributed by atoms with Crippen LogP contribution < -0.4 is 20.2 Å². The number of terminal acetylenes is 1. The van der Waals surface area contributed by atoms with Gasteiger partial charge in [0, 0.05) is 5.69 Å². The lowest BCUT2D eigenvalue weighted by molar-refractivity contribution is -0.126. The molecule has 0 heterocycles. The van der Waals surface area contributed by atoms with Crippen molar-refractivity contribution in [3.8, 4) is 23.8 Å². The van der Waals surface area contributed by atoms with Gasteiger partial charge in [-0.1, -0.05) is 29.1 Å². The first-order valence-corrected chi connectivity index (χ1v) is 9.58. The molecular formula is C21H19Cl2N3O4. The van der Waals surface area contributed by atoms with Crippen LogP contribution in [0.3, 0.4) is 0 Å². The SMILES string of the molecule is C#CCOc1ccc(C=NNC(=O)CC(=O)Nc2ccc(Cl)c(Cl)c2)cc1OCC. The molecule has 0 atom stereocenters. The van der Waals surface area contributed by atoms with Crippen molar-refractivity contribution >= 4 is 46.9 Å². The average molecular weight is 448 g/mol. The van der Waals surface area contributed by atoms with Gasteiger partial charge in [-0.3, -0.25) is 9.59 Å². The summed E-state index contributed by atoms with van der Waals surface area (Å²) >= 11 is 11.7. The Kier molecular flexibility index (Phi) is 9.01. The van der Waals surface area contributed by atoms with Gasteiger partial charge in [-0.2, -0.15) is 5.10 Å². The van der Waals surface area contributed by atoms with Crippen LogP contribution in [0.5, 0.6) is 11.5 Å². The minimum Gasteiger partial charge on any atom is -0.490 e. The van der Waals surface area contributed by atoms with Crippen LogP contribution in [0.2, 0.25) is 10.0 Å². The van der Waals surface area contributed by atoms with Gasteiger partial charge in [-0.05, 0) is 48.9 Å². The Hall–Kier alpha value is -3.21. The summed E-state index contributed by atoms with van der Waals surface area (Å²) in [6, 6.07) is 9.72. The van der Waals surface area contributed by atoms with Gasteiger partial charge in [-0.25, -0.2) is 5.43 Å². The number of rotatable bonds is 9. The number of carbonyl (C=O) groups is 2. The second-order valence-electron chi connectivity index (χ2n) is 5.78. The summed E-state index contributed by atoms with van der Waals surface area (Å²) in [5.41, 5.74) is 3.38. The molecule has 156 valence electrons. The third-order valence-electron chi connectivity index (χ3n) is 3.51. The van der Waals surface area contributed by atoms with Crippen LogP contribution in [-0.2, 0) is 9.59 Å². The van der Waals surface area contributed by atoms with Crippen LogP contribution in [0, 0.1) is 12.3 Å². The van der Waals surface area contributed by atoms with Crippen molar-refractivity contribution in [1.82, 2.24) is 5.43 Å². The highest BCUT2D eigenvalue weighted by Gasteiger charge is 2.10.